The van der Waals surface area contributed by atoms with E-state index in [1.54, 1.807) is 12.1 Å². The fourth-order valence-corrected chi connectivity index (χ4v) is 3.01. The van der Waals surface area contributed by atoms with Gasteiger partial charge in [0.15, 0.2) is 0 Å². The number of aliphatic hydroxyl groups is 1. The Kier molecular flexibility index (Phi) is 7.18. The number of hydrogen-bond acceptors (Lipinski definition) is 3. The Morgan fingerprint density at radius 2 is 1.46 bits per heavy atom. The molecule has 1 aliphatic heterocycles. The molecule has 0 radical (unpaired) electrons. The Bertz CT molecular complexity index is 601. The van der Waals surface area contributed by atoms with Crippen LogP contribution in [0.2, 0.25) is 0 Å². The van der Waals surface area contributed by atoms with Gasteiger partial charge in [-0.05, 0) is 23.3 Å². The van der Waals surface area contributed by atoms with Crippen LogP contribution in [0, 0.1) is 5.82 Å². The summed E-state index contributed by atoms with van der Waals surface area (Å²) in [4.78, 5) is 4.71. The number of rotatable bonds is 5. The minimum Gasteiger partial charge on any atom is -0.387 e. The summed E-state index contributed by atoms with van der Waals surface area (Å²) < 4.78 is 12.9. The smallest absolute Gasteiger partial charge is 0.123 e. The molecule has 0 aliphatic carbocycles. The van der Waals surface area contributed by atoms with Crippen LogP contribution < -0.4 is 0 Å². The van der Waals surface area contributed by atoms with Crippen LogP contribution in [0.3, 0.4) is 0 Å². The van der Waals surface area contributed by atoms with Crippen molar-refractivity contribution in [3.05, 3.63) is 71.5 Å². The summed E-state index contributed by atoms with van der Waals surface area (Å²) in [5.74, 6) is -0.268. The molecule has 2 aromatic rings. The largest absolute Gasteiger partial charge is 0.387 e. The van der Waals surface area contributed by atoms with Gasteiger partial charge in [0, 0.05) is 39.3 Å². The molecule has 1 unspecified atom stereocenters. The Morgan fingerprint density at radius 1 is 0.875 bits per heavy atom. The Labute approximate surface area is 149 Å². The number of halogens is 2. The Hall–Kier alpha value is -1.46. The van der Waals surface area contributed by atoms with Gasteiger partial charge in [0.25, 0.3) is 0 Å². The first kappa shape index (κ1) is 18.9. The van der Waals surface area contributed by atoms with Crippen LogP contribution in [-0.4, -0.2) is 47.6 Å². The zero-order chi connectivity index (χ0) is 16.1. The minimum absolute atomic E-state index is 0. The van der Waals surface area contributed by atoms with Gasteiger partial charge in [0.2, 0.25) is 0 Å². The zero-order valence-electron chi connectivity index (χ0n) is 13.6. The number of aliphatic hydroxyl groups excluding tert-OH is 1. The lowest BCUT2D eigenvalue weighted by atomic mass is 10.1. The maximum absolute atomic E-state index is 12.9. The van der Waals surface area contributed by atoms with Crippen molar-refractivity contribution in [3.63, 3.8) is 0 Å². The highest BCUT2D eigenvalue weighted by molar-refractivity contribution is 5.85. The second-order valence-corrected chi connectivity index (χ2v) is 6.13. The summed E-state index contributed by atoms with van der Waals surface area (Å²) in [5.41, 5.74) is 2.12. The number of hydrogen-bond donors (Lipinski definition) is 1. The molecule has 0 aromatic heterocycles. The van der Waals surface area contributed by atoms with Gasteiger partial charge in [-0.3, -0.25) is 9.80 Å². The van der Waals surface area contributed by atoms with Gasteiger partial charge < -0.3 is 5.11 Å². The maximum atomic E-state index is 12.9. The first-order valence-corrected chi connectivity index (χ1v) is 8.13. The van der Waals surface area contributed by atoms with E-state index in [0.29, 0.717) is 6.54 Å². The predicted molar refractivity (Wildman–Crippen MR) is 96.8 cm³/mol. The molecule has 24 heavy (non-hydrogen) atoms. The third-order valence-electron chi connectivity index (χ3n) is 4.40. The lowest BCUT2D eigenvalue weighted by molar-refractivity contribution is 0.0701. The quantitative estimate of drug-likeness (QED) is 0.897. The van der Waals surface area contributed by atoms with Crippen molar-refractivity contribution in [1.82, 2.24) is 9.80 Å². The van der Waals surface area contributed by atoms with Crippen molar-refractivity contribution in [1.29, 1.82) is 0 Å². The third-order valence-corrected chi connectivity index (χ3v) is 4.40. The van der Waals surface area contributed by atoms with E-state index in [2.05, 4.69) is 34.1 Å². The van der Waals surface area contributed by atoms with Crippen LogP contribution in [0.15, 0.2) is 54.6 Å². The van der Waals surface area contributed by atoms with E-state index in [1.807, 2.05) is 6.07 Å². The molecule has 1 atom stereocenters. The number of β-amino-alcohol motifs (C(OH)–C–C–N with tert-alkyl or cyclic N) is 1. The molecular formula is C19H24ClFN2O. The highest BCUT2D eigenvalue weighted by Gasteiger charge is 2.20. The summed E-state index contributed by atoms with van der Waals surface area (Å²) in [6.45, 7) is 5.49. The van der Waals surface area contributed by atoms with Gasteiger partial charge in [-0.25, -0.2) is 4.39 Å². The van der Waals surface area contributed by atoms with Crippen LogP contribution >= 0.6 is 12.4 Å². The second-order valence-electron chi connectivity index (χ2n) is 6.13. The lowest BCUT2D eigenvalue weighted by Crippen LogP contribution is -2.47. The van der Waals surface area contributed by atoms with E-state index >= 15 is 0 Å². The second kappa shape index (κ2) is 9.14. The highest BCUT2D eigenvalue weighted by Crippen LogP contribution is 2.16. The molecule has 5 heteroatoms. The average Bonchev–Trinajstić information content (AvgIpc) is 2.58. The zero-order valence-corrected chi connectivity index (χ0v) is 14.5. The molecule has 0 saturated carbocycles. The molecule has 3 rings (SSSR count). The van der Waals surface area contributed by atoms with Crippen molar-refractivity contribution in [2.75, 3.05) is 32.7 Å². The first-order chi connectivity index (χ1) is 11.2. The van der Waals surface area contributed by atoms with E-state index in [1.165, 1.54) is 17.7 Å². The molecule has 0 spiro atoms. The summed E-state index contributed by atoms with van der Waals surface area (Å²) in [7, 11) is 0. The van der Waals surface area contributed by atoms with Crippen LogP contribution in [-0.2, 0) is 6.54 Å². The van der Waals surface area contributed by atoms with Gasteiger partial charge in [-0.2, -0.15) is 0 Å². The molecule has 1 heterocycles. The SMILES string of the molecule is Cl.OC(CN1CCN(Cc2ccccc2)CC1)c1ccc(F)cc1. The molecule has 130 valence electrons. The van der Waals surface area contributed by atoms with Gasteiger partial charge in [-0.1, -0.05) is 42.5 Å². The van der Waals surface area contributed by atoms with E-state index in [9.17, 15) is 9.50 Å². The van der Waals surface area contributed by atoms with E-state index in [4.69, 9.17) is 0 Å². The van der Waals surface area contributed by atoms with Crippen molar-refractivity contribution < 1.29 is 9.50 Å². The first-order valence-electron chi connectivity index (χ1n) is 8.13. The van der Waals surface area contributed by atoms with Crippen molar-refractivity contribution in [3.8, 4) is 0 Å². The molecule has 1 N–H and O–H groups in total. The lowest BCUT2D eigenvalue weighted by Gasteiger charge is -2.35. The molecule has 0 amide bonds. The number of benzene rings is 2. The van der Waals surface area contributed by atoms with Crippen LogP contribution in [0.25, 0.3) is 0 Å². The number of nitrogens with zero attached hydrogens (tertiary/aromatic N) is 2. The molecular weight excluding hydrogens is 327 g/mol. The highest BCUT2D eigenvalue weighted by atomic mass is 35.5. The summed E-state index contributed by atoms with van der Waals surface area (Å²) >= 11 is 0. The predicted octanol–water partition coefficient (Wildman–Crippen LogP) is 3.10. The maximum Gasteiger partial charge on any atom is 0.123 e. The normalized spacial score (nSPS) is 17.2. The van der Waals surface area contributed by atoms with Crippen molar-refractivity contribution >= 4 is 12.4 Å². The molecule has 2 aromatic carbocycles. The van der Waals surface area contributed by atoms with Gasteiger partial charge in [0.05, 0.1) is 6.10 Å². The molecule has 1 aliphatic rings. The van der Waals surface area contributed by atoms with Crippen LogP contribution in [0.1, 0.15) is 17.2 Å². The van der Waals surface area contributed by atoms with E-state index in [-0.39, 0.29) is 18.2 Å². The fourth-order valence-electron chi connectivity index (χ4n) is 3.01. The van der Waals surface area contributed by atoms with Crippen molar-refractivity contribution in [2.24, 2.45) is 0 Å². The minimum atomic E-state index is -0.559. The molecule has 0 bridgehead atoms. The van der Waals surface area contributed by atoms with Gasteiger partial charge >= 0.3 is 0 Å². The van der Waals surface area contributed by atoms with E-state index < -0.39 is 6.10 Å². The van der Waals surface area contributed by atoms with Crippen LogP contribution in [0.4, 0.5) is 4.39 Å². The monoisotopic (exact) mass is 350 g/mol. The average molecular weight is 351 g/mol. The Morgan fingerprint density at radius 3 is 2.08 bits per heavy atom. The molecule has 1 saturated heterocycles. The molecule has 1 fully saturated rings. The summed E-state index contributed by atoms with van der Waals surface area (Å²) in [6.07, 6.45) is -0.559. The standard InChI is InChI=1S/C19H23FN2O.ClH/c20-18-8-6-17(7-9-18)19(23)15-22-12-10-21(11-13-22)14-16-4-2-1-3-5-16;/h1-9,19,23H,10-15H2;1H. The number of piperazine rings is 1. The van der Waals surface area contributed by atoms with E-state index in [0.717, 1.165) is 38.3 Å². The molecule has 3 nitrogen and oxygen atoms in total. The topological polar surface area (TPSA) is 26.7 Å². The summed E-state index contributed by atoms with van der Waals surface area (Å²) in [5, 5.41) is 10.3. The summed E-state index contributed by atoms with van der Waals surface area (Å²) in [6, 6.07) is 16.6. The Balaban J connectivity index is 0.00000208. The van der Waals surface area contributed by atoms with Gasteiger partial charge in [0.1, 0.15) is 5.82 Å². The van der Waals surface area contributed by atoms with Gasteiger partial charge in [-0.15, -0.1) is 12.4 Å². The fraction of sp³-hybridized carbons (Fsp3) is 0.368. The third kappa shape index (κ3) is 5.28. The van der Waals surface area contributed by atoms with Crippen molar-refractivity contribution in [2.45, 2.75) is 12.6 Å². The van der Waals surface area contributed by atoms with Crippen LogP contribution in [0.5, 0.6) is 0 Å².